The summed E-state index contributed by atoms with van der Waals surface area (Å²) < 4.78 is 8.39. The van der Waals surface area contributed by atoms with Crippen LogP contribution in [0.3, 0.4) is 0 Å². The first-order chi connectivity index (χ1) is 10.2. The van der Waals surface area contributed by atoms with E-state index in [9.17, 15) is 0 Å². The summed E-state index contributed by atoms with van der Waals surface area (Å²) in [4.78, 5) is 4.29. The first-order valence-electron chi connectivity index (χ1n) is 6.64. The fraction of sp³-hybridized carbons (Fsp3) is 0.118. The Hall–Kier alpha value is -2.07. The van der Waals surface area contributed by atoms with Crippen molar-refractivity contribution in [1.29, 1.82) is 0 Å². The molecule has 0 N–H and O–H groups in total. The van der Waals surface area contributed by atoms with Crippen LogP contribution < -0.4 is 4.74 Å². The van der Waals surface area contributed by atoms with E-state index < -0.39 is 0 Å². The Morgan fingerprint density at radius 2 is 1.76 bits per heavy atom. The summed E-state index contributed by atoms with van der Waals surface area (Å²) in [6.45, 7) is 2.09. The minimum absolute atomic E-state index is 0.619. The number of benzene rings is 1. The Morgan fingerprint density at radius 1 is 1.00 bits per heavy atom. The molecule has 0 spiro atoms. The first kappa shape index (κ1) is 13.9. The first-order valence-corrected chi connectivity index (χ1v) is 7.43. The zero-order valence-electron chi connectivity index (χ0n) is 11.9. The molecule has 0 aliphatic carbocycles. The molecule has 0 radical (unpaired) electrons. The minimum Gasteiger partial charge on any atom is -0.481 e. The SMILES string of the molecule is COc1ccc(-n2c(C)ccc2-c2ccc(Br)cc2)cn1. The lowest BCUT2D eigenvalue weighted by molar-refractivity contribution is 0.398. The quantitative estimate of drug-likeness (QED) is 0.694. The normalized spacial score (nSPS) is 10.6. The van der Waals surface area contributed by atoms with E-state index >= 15 is 0 Å². The maximum absolute atomic E-state index is 5.12. The molecule has 4 heteroatoms. The van der Waals surface area contributed by atoms with Crippen LogP contribution in [0.2, 0.25) is 0 Å². The van der Waals surface area contributed by atoms with Crippen LogP contribution in [-0.4, -0.2) is 16.7 Å². The molecule has 0 aliphatic heterocycles. The van der Waals surface area contributed by atoms with Crippen molar-refractivity contribution in [2.24, 2.45) is 0 Å². The van der Waals surface area contributed by atoms with Gasteiger partial charge in [-0.2, -0.15) is 0 Å². The van der Waals surface area contributed by atoms with Crippen molar-refractivity contribution in [2.75, 3.05) is 7.11 Å². The van der Waals surface area contributed by atoms with E-state index in [1.54, 1.807) is 7.11 Å². The van der Waals surface area contributed by atoms with Crippen molar-refractivity contribution >= 4 is 15.9 Å². The van der Waals surface area contributed by atoms with Crippen LogP contribution in [0.15, 0.2) is 59.2 Å². The smallest absolute Gasteiger partial charge is 0.213 e. The van der Waals surface area contributed by atoms with Gasteiger partial charge in [-0.25, -0.2) is 4.98 Å². The summed E-state index contributed by atoms with van der Waals surface area (Å²) in [5.41, 5.74) is 4.50. The zero-order valence-corrected chi connectivity index (χ0v) is 13.5. The molecule has 0 unspecified atom stereocenters. The number of methoxy groups -OCH3 is 1. The Labute approximate surface area is 132 Å². The van der Waals surface area contributed by atoms with Crippen molar-refractivity contribution in [3.8, 4) is 22.8 Å². The lowest BCUT2D eigenvalue weighted by Crippen LogP contribution is -2.00. The Balaban J connectivity index is 2.09. The van der Waals surface area contributed by atoms with Crippen LogP contribution in [0, 0.1) is 6.92 Å². The molecule has 0 saturated heterocycles. The van der Waals surface area contributed by atoms with Crippen molar-refractivity contribution in [2.45, 2.75) is 6.92 Å². The molecule has 0 aliphatic rings. The van der Waals surface area contributed by atoms with E-state index in [1.807, 2.05) is 30.5 Å². The van der Waals surface area contributed by atoms with Crippen molar-refractivity contribution in [3.05, 3.63) is 64.9 Å². The van der Waals surface area contributed by atoms with E-state index in [1.165, 1.54) is 11.3 Å². The minimum atomic E-state index is 0.619. The van der Waals surface area contributed by atoms with E-state index in [4.69, 9.17) is 4.74 Å². The van der Waals surface area contributed by atoms with Gasteiger partial charge < -0.3 is 9.30 Å². The topological polar surface area (TPSA) is 27.1 Å². The molecule has 2 heterocycles. The van der Waals surface area contributed by atoms with Gasteiger partial charge in [0.25, 0.3) is 0 Å². The highest BCUT2D eigenvalue weighted by molar-refractivity contribution is 9.10. The van der Waals surface area contributed by atoms with Crippen molar-refractivity contribution in [3.63, 3.8) is 0 Å². The van der Waals surface area contributed by atoms with Crippen molar-refractivity contribution < 1.29 is 4.74 Å². The number of hydrogen-bond acceptors (Lipinski definition) is 2. The second kappa shape index (κ2) is 5.74. The number of halogens is 1. The Kier molecular flexibility index (Phi) is 3.80. The maximum Gasteiger partial charge on any atom is 0.213 e. The molecule has 0 bridgehead atoms. The molecular formula is C17H15BrN2O. The molecule has 106 valence electrons. The van der Waals surface area contributed by atoms with Gasteiger partial charge in [0.15, 0.2) is 0 Å². The van der Waals surface area contributed by atoms with Crippen LogP contribution >= 0.6 is 15.9 Å². The number of pyridine rings is 1. The third kappa shape index (κ3) is 2.72. The second-order valence-corrected chi connectivity index (χ2v) is 5.68. The molecule has 0 fully saturated rings. The van der Waals surface area contributed by atoms with Gasteiger partial charge in [-0.05, 0) is 42.8 Å². The second-order valence-electron chi connectivity index (χ2n) is 4.76. The molecule has 0 atom stereocenters. The van der Waals surface area contributed by atoms with E-state index in [0.717, 1.165) is 15.9 Å². The fourth-order valence-corrected chi connectivity index (χ4v) is 2.62. The highest BCUT2D eigenvalue weighted by Crippen LogP contribution is 2.27. The molecule has 0 saturated carbocycles. The average Bonchev–Trinajstić information content (AvgIpc) is 2.90. The van der Waals surface area contributed by atoms with Crippen LogP contribution in [0.4, 0.5) is 0 Å². The van der Waals surface area contributed by atoms with Gasteiger partial charge in [-0.3, -0.25) is 0 Å². The zero-order chi connectivity index (χ0) is 14.8. The van der Waals surface area contributed by atoms with Gasteiger partial charge in [0, 0.05) is 16.2 Å². The summed E-state index contributed by atoms with van der Waals surface area (Å²) in [7, 11) is 1.62. The summed E-state index contributed by atoms with van der Waals surface area (Å²) >= 11 is 3.47. The molecule has 2 aromatic heterocycles. The van der Waals surface area contributed by atoms with Gasteiger partial charge in [0.2, 0.25) is 5.88 Å². The molecule has 3 nitrogen and oxygen atoms in total. The van der Waals surface area contributed by atoms with E-state index in [0.29, 0.717) is 5.88 Å². The van der Waals surface area contributed by atoms with E-state index in [2.05, 4.69) is 56.7 Å². The monoisotopic (exact) mass is 342 g/mol. The van der Waals surface area contributed by atoms with Gasteiger partial charge in [0.1, 0.15) is 0 Å². The van der Waals surface area contributed by atoms with Gasteiger partial charge >= 0.3 is 0 Å². The lowest BCUT2D eigenvalue weighted by atomic mass is 10.1. The number of hydrogen-bond donors (Lipinski definition) is 0. The van der Waals surface area contributed by atoms with Crippen LogP contribution in [0.25, 0.3) is 16.9 Å². The van der Waals surface area contributed by atoms with Crippen LogP contribution in [0.5, 0.6) is 5.88 Å². The predicted octanol–water partition coefficient (Wildman–Crippen LogP) is 4.62. The Bertz CT molecular complexity index is 745. The summed E-state index contributed by atoms with van der Waals surface area (Å²) in [5, 5.41) is 0. The largest absolute Gasteiger partial charge is 0.481 e. The molecule has 0 amide bonds. The Morgan fingerprint density at radius 3 is 2.38 bits per heavy atom. The number of aryl methyl sites for hydroxylation is 1. The summed E-state index contributed by atoms with van der Waals surface area (Å²) in [5.74, 6) is 0.619. The number of nitrogens with zero attached hydrogens (tertiary/aromatic N) is 2. The molecular weight excluding hydrogens is 328 g/mol. The molecule has 3 rings (SSSR count). The maximum atomic E-state index is 5.12. The summed E-state index contributed by atoms with van der Waals surface area (Å²) in [6.07, 6.45) is 1.83. The highest BCUT2D eigenvalue weighted by Gasteiger charge is 2.10. The average molecular weight is 343 g/mol. The number of ether oxygens (including phenoxy) is 1. The molecule has 3 aromatic rings. The number of aromatic nitrogens is 2. The number of rotatable bonds is 3. The third-order valence-corrected chi connectivity index (χ3v) is 3.93. The van der Waals surface area contributed by atoms with E-state index in [-0.39, 0.29) is 0 Å². The van der Waals surface area contributed by atoms with Gasteiger partial charge in [0.05, 0.1) is 24.7 Å². The van der Waals surface area contributed by atoms with Crippen LogP contribution in [-0.2, 0) is 0 Å². The van der Waals surface area contributed by atoms with Crippen molar-refractivity contribution in [1.82, 2.24) is 9.55 Å². The van der Waals surface area contributed by atoms with Gasteiger partial charge in [-0.15, -0.1) is 0 Å². The molecule has 1 aromatic carbocycles. The molecule has 21 heavy (non-hydrogen) atoms. The highest BCUT2D eigenvalue weighted by atomic mass is 79.9. The van der Waals surface area contributed by atoms with Gasteiger partial charge in [-0.1, -0.05) is 28.1 Å². The predicted molar refractivity (Wildman–Crippen MR) is 88.0 cm³/mol. The standard InChI is InChI=1S/C17H15BrN2O/c1-12-3-9-16(13-4-6-14(18)7-5-13)20(12)15-8-10-17(21-2)19-11-15/h3-11H,1-2H3. The third-order valence-electron chi connectivity index (χ3n) is 3.40. The summed E-state index contributed by atoms with van der Waals surface area (Å²) in [6, 6.07) is 16.4. The van der Waals surface area contributed by atoms with Crippen LogP contribution in [0.1, 0.15) is 5.69 Å². The lowest BCUT2D eigenvalue weighted by Gasteiger charge is -2.12. The fourth-order valence-electron chi connectivity index (χ4n) is 2.35.